The van der Waals surface area contributed by atoms with Gasteiger partial charge in [-0.05, 0) is 92.5 Å². The van der Waals surface area contributed by atoms with Crippen LogP contribution >= 0.6 is 10.2 Å². The van der Waals surface area contributed by atoms with Gasteiger partial charge in [0.15, 0.2) is 0 Å². The van der Waals surface area contributed by atoms with Crippen molar-refractivity contribution in [3.63, 3.8) is 0 Å². The molecule has 3 aromatic carbocycles. The van der Waals surface area contributed by atoms with E-state index in [-0.39, 0.29) is 29.7 Å². The molecule has 0 aliphatic heterocycles. The number of para-hydroxylation sites is 1. The number of aromatic nitrogens is 3. The van der Waals surface area contributed by atoms with Crippen molar-refractivity contribution in [2.45, 2.75) is 77.8 Å². The standard InChI is InChI=1S/C27H22F5N3O2S.C13H20N2.C4H10/c1-3-14-35-26(18-8-11-20(12-9-18)38(28,29,30,31)32)33-16-23(27(35)36)34-17(2)19-10-13-25-22(15-19)21-6-4-5-7-24(21)37-25;1-4-5-12-6-7-15-10-13(12)8-11(2)9-14-3;1-3-4-2/h3-13,15-17,34H,1,14H2,2H3;6-8,10,14H,4-5,9H2,1-3H3;3-4H2,1-2H3/b;11-8+;. The number of rotatable bonds is 13. The number of hydrogen-bond acceptors (Lipinski definition) is 6. The number of benzene rings is 3. The molecule has 0 radical (unpaired) electrons. The molecule has 0 amide bonds. The molecule has 0 aliphatic rings. The van der Waals surface area contributed by atoms with Gasteiger partial charge in [0.05, 0.1) is 6.20 Å². The van der Waals surface area contributed by atoms with E-state index < -0.39 is 20.7 Å². The molecule has 3 heterocycles. The molecule has 6 rings (SSSR count). The van der Waals surface area contributed by atoms with Gasteiger partial charge in [0.25, 0.3) is 5.56 Å². The van der Waals surface area contributed by atoms with Crippen molar-refractivity contribution in [2.24, 2.45) is 0 Å². The number of nitrogens with one attached hydrogen (secondary N) is 2. The van der Waals surface area contributed by atoms with E-state index in [1.165, 1.54) is 52.8 Å². The number of pyridine rings is 1. The lowest BCUT2D eigenvalue weighted by molar-refractivity contribution is 0.364. The second-order valence-corrected chi connectivity index (χ2v) is 16.2. The molecule has 57 heavy (non-hydrogen) atoms. The summed E-state index contributed by atoms with van der Waals surface area (Å²) >= 11 is 0. The number of halogens is 5. The fraction of sp³-hybridized carbons (Fsp3) is 0.295. The van der Waals surface area contributed by atoms with E-state index >= 15 is 0 Å². The van der Waals surface area contributed by atoms with Crippen molar-refractivity contribution in [3.05, 3.63) is 137 Å². The average Bonchev–Trinajstić information content (AvgIpc) is 3.55. The highest BCUT2D eigenvalue weighted by molar-refractivity contribution is 8.45. The van der Waals surface area contributed by atoms with Gasteiger partial charge in [0, 0.05) is 47.9 Å². The topological polar surface area (TPSA) is 85.0 Å². The van der Waals surface area contributed by atoms with Gasteiger partial charge in [-0.25, -0.2) is 4.98 Å². The fourth-order valence-electron chi connectivity index (χ4n) is 5.97. The van der Waals surface area contributed by atoms with Crippen molar-refractivity contribution >= 4 is 43.9 Å². The first-order chi connectivity index (χ1) is 26.9. The Morgan fingerprint density at radius 1 is 0.912 bits per heavy atom. The Kier molecular flexibility index (Phi) is 14.3. The minimum Gasteiger partial charge on any atom is -0.456 e. The number of fused-ring (bicyclic) bond motifs is 3. The Hall–Kier alpha value is -5.27. The summed E-state index contributed by atoms with van der Waals surface area (Å²) in [6, 6.07) is 17.5. The number of nitrogens with zero attached hydrogens (tertiary/aromatic N) is 3. The van der Waals surface area contributed by atoms with Gasteiger partial charge in [0.1, 0.15) is 27.6 Å². The Balaban J connectivity index is 0.000000315. The second kappa shape index (κ2) is 18.3. The van der Waals surface area contributed by atoms with Crippen LogP contribution in [0.15, 0.2) is 124 Å². The molecule has 7 nitrogen and oxygen atoms in total. The van der Waals surface area contributed by atoms with Crippen LogP contribution in [0.2, 0.25) is 0 Å². The third-order valence-corrected chi connectivity index (χ3v) is 10.2. The van der Waals surface area contributed by atoms with Crippen LogP contribution in [0.25, 0.3) is 39.4 Å². The van der Waals surface area contributed by atoms with E-state index in [4.69, 9.17) is 4.42 Å². The first-order valence-electron chi connectivity index (χ1n) is 18.9. The third-order valence-electron chi connectivity index (χ3n) is 9.01. The molecule has 0 bridgehead atoms. The van der Waals surface area contributed by atoms with Crippen molar-refractivity contribution < 1.29 is 23.8 Å². The Labute approximate surface area is 331 Å². The highest BCUT2D eigenvalue weighted by atomic mass is 32.5. The second-order valence-electron chi connectivity index (χ2n) is 13.8. The fourth-order valence-corrected chi connectivity index (χ4v) is 6.62. The first-order valence-corrected chi connectivity index (χ1v) is 20.9. The van der Waals surface area contributed by atoms with Crippen molar-refractivity contribution in [3.8, 4) is 11.4 Å². The Bertz CT molecular complexity index is 2370. The van der Waals surface area contributed by atoms with E-state index in [0.717, 1.165) is 52.6 Å². The molecule has 0 fully saturated rings. The van der Waals surface area contributed by atoms with Crippen LogP contribution in [0.3, 0.4) is 0 Å². The van der Waals surface area contributed by atoms with Crippen LogP contribution in [-0.4, -0.2) is 28.1 Å². The largest absolute Gasteiger partial charge is 0.456 e. The van der Waals surface area contributed by atoms with E-state index in [2.05, 4.69) is 67.0 Å². The summed E-state index contributed by atoms with van der Waals surface area (Å²) < 4.78 is 72.6. The zero-order chi connectivity index (χ0) is 41.9. The molecule has 3 aromatic heterocycles. The molecular weight excluding hydrogens is 758 g/mol. The number of unbranched alkanes of at least 4 members (excludes halogenated alkanes) is 1. The number of allylic oxidation sites excluding steroid dienone is 1. The number of hydrogen-bond donors (Lipinski definition) is 2. The molecule has 0 saturated heterocycles. The maximum atomic E-state index is 13.3. The Morgan fingerprint density at radius 2 is 1.60 bits per heavy atom. The van der Waals surface area contributed by atoms with Crippen LogP contribution in [0.4, 0.5) is 25.1 Å². The van der Waals surface area contributed by atoms with E-state index in [0.29, 0.717) is 12.1 Å². The lowest BCUT2D eigenvalue weighted by Crippen LogP contribution is -2.26. The molecule has 306 valence electrons. The van der Waals surface area contributed by atoms with Gasteiger partial charge in [-0.1, -0.05) is 101 Å². The number of anilines is 1. The first kappa shape index (κ1) is 44.4. The predicted molar refractivity (Wildman–Crippen MR) is 228 cm³/mol. The molecule has 0 saturated carbocycles. The number of likely N-dealkylation sites (N-methyl/N-ethyl adjacent to an activating group) is 1. The summed E-state index contributed by atoms with van der Waals surface area (Å²) in [6.07, 6.45) is 13.7. The van der Waals surface area contributed by atoms with Gasteiger partial charge in [-0.15, -0.1) is 6.58 Å². The maximum Gasteiger partial charge on any atom is 0.310 e. The van der Waals surface area contributed by atoms with Gasteiger partial charge >= 0.3 is 10.2 Å². The molecule has 13 heteroatoms. The minimum absolute atomic E-state index is 0.00133. The molecule has 1 unspecified atom stereocenters. The summed E-state index contributed by atoms with van der Waals surface area (Å²) in [4.78, 5) is 19.7. The van der Waals surface area contributed by atoms with Gasteiger partial charge in [-0.2, -0.15) is 0 Å². The smallest absolute Gasteiger partial charge is 0.310 e. The normalized spacial score (nSPS) is 13.4. The van der Waals surface area contributed by atoms with Crippen LogP contribution in [0.5, 0.6) is 0 Å². The predicted octanol–water partition coefficient (Wildman–Crippen LogP) is 13.3. The maximum absolute atomic E-state index is 13.3. The van der Waals surface area contributed by atoms with Crippen LogP contribution < -0.4 is 16.2 Å². The van der Waals surface area contributed by atoms with E-state index in [1.807, 2.05) is 68.8 Å². The summed E-state index contributed by atoms with van der Waals surface area (Å²) in [6.45, 7) is 15.1. The van der Waals surface area contributed by atoms with Crippen LogP contribution in [-0.2, 0) is 13.0 Å². The molecule has 0 spiro atoms. The van der Waals surface area contributed by atoms with Crippen LogP contribution in [0.1, 0.15) is 76.6 Å². The quantitative estimate of drug-likeness (QED) is 0.0893. The summed E-state index contributed by atoms with van der Waals surface area (Å²) in [5.41, 5.74) is 6.11. The zero-order valence-electron chi connectivity index (χ0n) is 33.3. The zero-order valence-corrected chi connectivity index (χ0v) is 34.1. The third kappa shape index (κ3) is 11.9. The number of furan rings is 1. The highest BCUT2D eigenvalue weighted by Crippen LogP contribution is 3.02. The molecule has 2 N–H and O–H groups in total. The van der Waals surface area contributed by atoms with E-state index in [1.54, 1.807) is 0 Å². The van der Waals surface area contributed by atoms with E-state index in [9.17, 15) is 24.2 Å². The van der Waals surface area contributed by atoms with Crippen molar-refractivity contribution in [2.75, 3.05) is 18.9 Å². The summed E-state index contributed by atoms with van der Waals surface area (Å²) in [7, 11) is -7.85. The van der Waals surface area contributed by atoms with Gasteiger partial charge in [0.2, 0.25) is 0 Å². The monoisotopic (exact) mass is 809 g/mol. The van der Waals surface area contributed by atoms with Crippen LogP contribution in [0, 0.1) is 0 Å². The Morgan fingerprint density at radius 3 is 2.23 bits per heavy atom. The minimum atomic E-state index is -9.82. The SMILES string of the molecule is C=CCn1c(-c2ccc(S(F)(F)(F)(F)F)cc2)ncc(NC(C)c2ccc3oc4ccccc4c3c2)c1=O.CCCC.CCCc1ccncc1/C=C(\C)CNC. The highest BCUT2D eigenvalue weighted by Gasteiger charge is 2.65. The van der Waals surface area contributed by atoms with Gasteiger partial charge in [-0.3, -0.25) is 14.3 Å². The lowest BCUT2D eigenvalue weighted by Gasteiger charge is -2.40. The number of aryl methyl sites for hydroxylation is 1. The summed E-state index contributed by atoms with van der Waals surface area (Å²) in [5.74, 6) is 0.0214. The molecule has 1 atom stereocenters. The van der Waals surface area contributed by atoms with Crippen molar-refractivity contribution in [1.82, 2.24) is 19.9 Å². The molecule has 6 aromatic rings. The van der Waals surface area contributed by atoms with Crippen molar-refractivity contribution in [1.29, 1.82) is 0 Å². The molecule has 0 aliphatic carbocycles. The van der Waals surface area contributed by atoms with Gasteiger partial charge < -0.3 is 15.1 Å². The summed E-state index contributed by atoms with van der Waals surface area (Å²) in [5, 5.41) is 8.19. The molecular formula is C44H52F5N5O2S. The average molecular weight is 810 g/mol. The lowest BCUT2D eigenvalue weighted by atomic mass is 10.0.